The minimum Gasteiger partial charge on any atom is -0.477 e. The van der Waals surface area contributed by atoms with Crippen molar-refractivity contribution in [2.24, 2.45) is 0 Å². The number of hydrogen-bond acceptors (Lipinski definition) is 4. The lowest BCUT2D eigenvalue weighted by atomic mass is 9.89. The van der Waals surface area contributed by atoms with Gasteiger partial charge in [-0.25, -0.2) is 9.59 Å². The molecule has 2 aliphatic heterocycles. The van der Waals surface area contributed by atoms with Crippen molar-refractivity contribution in [3.63, 3.8) is 0 Å². The van der Waals surface area contributed by atoms with Gasteiger partial charge in [0.15, 0.2) is 0 Å². The van der Waals surface area contributed by atoms with Gasteiger partial charge in [-0.1, -0.05) is 12.7 Å². The SMILES string of the molecule is C=CCOC(=O)N1CCn2c(C(=O)O)ccc2C12COC2. The Kier molecular flexibility index (Phi) is 3.21. The second kappa shape index (κ2) is 4.92. The Hall–Kier alpha value is -2.28. The third-order valence-electron chi connectivity index (χ3n) is 3.97. The number of nitrogens with zero attached hydrogens (tertiary/aromatic N) is 2. The highest BCUT2D eigenvalue weighted by Gasteiger charge is 2.52. The van der Waals surface area contributed by atoms with Crippen molar-refractivity contribution in [2.45, 2.75) is 12.1 Å². The van der Waals surface area contributed by atoms with Crippen LogP contribution in [0.4, 0.5) is 4.79 Å². The van der Waals surface area contributed by atoms with Gasteiger partial charge in [0.2, 0.25) is 0 Å². The smallest absolute Gasteiger partial charge is 0.411 e. The van der Waals surface area contributed by atoms with Crippen LogP contribution >= 0.6 is 0 Å². The molecule has 0 bridgehead atoms. The van der Waals surface area contributed by atoms with Gasteiger partial charge in [0.05, 0.1) is 13.2 Å². The molecule has 2 aliphatic rings. The molecule has 1 fully saturated rings. The van der Waals surface area contributed by atoms with E-state index in [1.807, 2.05) is 0 Å². The first-order valence-corrected chi connectivity index (χ1v) is 6.66. The summed E-state index contributed by atoms with van der Waals surface area (Å²) in [5.74, 6) is -0.973. The summed E-state index contributed by atoms with van der Waals surface area (Å²) in [6, 6.07) is 3.31. The number of carboxylic acid groups (broad SMARTS) is 1. The Morgan fingerprint density at radius 3 is 2.76 bits per heavy atom. The summed E-state index contributed by atoms with van der Waals surface area (Å²) in [5.41, 5.74) is 0.396. The fourth-order valence-corrected chi connectivity index (χ4v) is 2.93. The lowest BCUT2D eigenvalue weighted by Gasteiger charge is -2.51. The van der Waals surface area contributed by atoms with Crippen LogP contribution in [0.1, 0.15) is 16.2 Å². The number of aromatic carboxylic acids is 1. The van der Waals surface area contributed by atoms with Crippen molar-refractivity contribution in [1.29, 1.82) is 0 Å². The quantitative estimate of drug-likeness (QED) is 0.842. The third kappa shape index (κ3) is 1.92. The predicted molar refractivity (Wildman–Crippen MR) is 72.1 cm³/mol. The third-order valence-corrected chi connectivity index (χ3v) is 3.97. The molecule has 112 valence electrons. The lowest BCUT2D eigenvalue weighted by molar-refractivity contribution is -0.148. The van der Waals surface area contributed by atoms with Crippen LogP contribution in [0.2, 0.25) is 0 Å². The summed E-state index contributed by atoms with van der Waals surface area (Å²) in [5, 5.41) is 9.21. The number of aromatic nitrogens is 1. The Morgan fingerprint density at radius 1 is 1.43 bits per heavy atom. The second-order valence-corrected chi connectivity index (χ2v) is 5.10. The molecular weight excluding hydrogens is 276 g/mol. The number of carboxylic acids is 1. The highest BCUT2D eigenvalue weighted by atomic mass is 16.6. The van der Waals surface area contributed by atoms with Crippen LogP contribution in [-0.4, -0.2) is 53.0 Å². The van der Waals surface area contributed by atoms with Gasteiger partial charge in [-0.3, -0.25) is 4.90 Å². The van der Waals surface area contributed by atoms with Gasteiger partial charge in [-0.15, -0.1) is 0 Å². The van der Waals surface area contributed by atoms with Crippen LogP contribution in [0.15, 0.2) is 24.8 Å². The van der Waals surface area contributed by atoms with Gasteiger partial charge >= 0.3 is 12.1 Å². The van der Waals surface area contributed by atoms with Crippen molar-refractivity contribution >= 4 is 12.1 Å². The van der Waals surface area contributed by atoms with Gasteiger partial charge in [0.25, 0.3) is 0 Å². The van der Waals surface area contributed by atoms with E-state index < -0.39 is 17.6 Å². The molecule has 1 saturated heterocycles. The summed E-state index contributed by atoms with van der Waals surface area (Å²) in [6.45, 7) is 5.17. The largest absolute Gasteiger partial charge is 0.477 e. The molecule has 0 aromatic carbocycles. The van der Waals surface area contributed by atoms with Gasteiger partial charge in [-0.05, 0) is 12.1 Å². The zero-order chi connectivity index (χ0) is 15.0. The molecule has 7 heteroatoms. The molecule has 0 saturated carbocycles. The summed E-state index contributed by atoms with van der Waals surface area (Å²) in [6.07, 6.45) is 1.08. The number of carbonyl (C=O) groups excluding carboxylic acids is 1. The fraction of sp³-hybridized carbons (Fsp3) is 0.429. The van der Waals surface area contributed by atoms with E-state index in [0.29, 0.717) is 26.3 Å². The first-order valence-electron chi connectivity index (χ1n) is 6.66. The Labute approximate surface area is 121 Å². The number of carbonyl (C=O) groups is 2. The van der Waals surface area contributed by atoms with Crippen LogP contribution in [0, 0.1) is 0 Å². The van der Waals surface area contributed by atoms with Crippen molar-refractivity contribution in [2.75, 3.05) is 26.4 Å². The molecular formula is C14H16N2O5. The average molecular weight is 292 g/mol. The maximum Gasteiger partial charge on any atom is 0.411 e. The van der Waals surface area contributed by atoms with Crippen molar-refractivity contribution in [3.8, 4) is 0 Å². The van der Waals surface area contributed by atoms with E-state index >= 15 is 0 Å². The first kappa shape index (κ1) is 13.7. The number of ether oxygens (including phenoxy) is 2. The molecule has 3 rings (SSSR count). The normalized spacial score (nSPS) is 18.8. The van der Waals surface area contributed by atoms with E-state index in [4.69, 9.17) is 9.47 Å². The topological polar surface area (TPSA) is 81.0 Å². The van der Waals surface area contributed by atoms with E-state index in [1.54, 1.807) is 21.6 Å². The Bertz CT molecular complexity index is 603. The molecule has 1 aromatic heterocycles. The van der Waals surface area contributed by atoms with Crippen LogP contribution in [-0.2, 0) is 21.6 Å². The highest BCUT2D eigenvalue weighted by molar-refractivity contribution is 5.86. The molecule has 0 unspecified atom stereocenters. The van der Waals surface area contributed by atoms with Gasteiger partial charge < -0.3 is 19.1 Å². The van der Waals surface area contributed by atoms with Gasteiger partial charge in [-0.2, -0.15) is 0 Å². The zero-order valence-corrected chi connectivity index (χ0v) is 11.4. The summed E-state index contributed by atoms with van der Waals surface area (Å²) >= 11 is 0. The fourth-order valence-electron chi connectivity index (χ4n) is 2.93. The molecule has 3 heterocycles. The molecule has 7 nitrogen and oxygen atoms in total. The lowest BCUT2D eigenvalue weighted by Crippen LogP contribution is -2.65. The molecule has 1 spiro atoms. The van der Waals surface area contributed by atoms with Crippen LogP contribution in [0.3, 0.4) is 0 Å². The maximum absolute atomic E-state index is 12.2. The number of rotatable bonds is 3. The standard InChI is InChI=1S/C14H16N2O5/c1-2-7-21-13(19)16-6-5-15-10(12(17)18)3-4-11(15)14(16)8-20-9-14/h2-4H,1,5-9H2,(H,17,18). The van der Waals surface area contributed by atoms with Crippen LogP contribution in [0.25, 0.3) is 0 Å². The van der Waals surface area contributed by atoms with E-state index in [2.05, 4.69) is 6.58 Å². The van der Waals surface area contributed by atoms with Crippen molar-refractivity contribution in [3.05, 3.63) is 36.2 Å². The van der Waals surface area contributed by atoms with E-state index in [9.17, 15) is 14.7 Å². The van der Waals surface area contributed by atoms with E-state index in [0.717, 1.165) is 5.69 Å². The van der Waals surface area contributed by atoms with Crippen LogP contribution in [0.5, 0.6) is 0 Å². The molecule has 0 aliphatic carbocycles. The van der Waals surface area contributed by atoms with E-state index in [1.165, 1.54) is 6.08 Å². The minimum atomic E-state index is -0.973. The highest BCUT2D eigenvalue weighted by Crippen LogP contribution is 2.40. The molecule has 0 radical (unpaired) electrons. The van der Waals surface area contributed by atoms with Crippen molar-refractivity contribution in [1.82, 2.24) is 9.47 Å². The second-order valence-electron chi connectivity index (χ2n) is 5.10. The van der Waals surface area contributed by atoms with Gasteiger partial charge in [0, 0.05) is 18.8 Å². The summed E-state index contributed by atoms with van der Waals surface area (Å²) in [4.78, 5) is 25.1. The maximum atomic E-state index is 12.2. The average Bonchev–Trinajstić information content (AvgIpc) is 2.85. The molecule has 1 N–H and O–H groups in total. The van der Waals surface area contributed by atoms with Crippen molar-refractivity contribution < 1.29 is 24.2 Å². The molecule has 0 atom stereocenters. The number of amides is 1. The Balaban J connectivity index is 1.95. The number of hydrogen-bond donors (Lipinski definition) is 1. The first-order chi connectivity index (χ1) is 10.1. The Morgan fingerprint density at radius 2 is 2.19 bits per heavy atom. The van der Waals surface area contributed by atoms with Gasteiger partial charge in [0.1, 0.15) is 17.8 Å². The summed E-state index contributed by atoms with van der Waals surface area (Å²) in [7, 11) is 0. The molecule has 1 aromatic rings. The molecule has 1 amide bonds. The van der Waals surface area contributed by atoms with E-state index in [-0.39, 0.29) is 12.3 Å². The van der Waals surface area contributed by atoms with Crippen LogP contribution < -0.4 is 0 Å². The minimum absolute atomic E-state index is 0.146. The zero-order valence-electron chi connectivity index (χ0n) is 11.4. The predicted octanol–water partition coefficient (Wildman–Crippen LogP) is 1.05. The number of fused-ring (bicyclic) bond motifs is 2. The monoisotopic (exact) mass is 292 g/mol. The summed E-state index contributed by atoms with van der Waals surface area (Å²) < 4.78 is 12.2. The molecule has 21 heavy (non-hydrogen) atoms.